The van der Waals surface area contributed by atoms with Crippen LogP contribution in [-0.2, 0) is 4.79 Å². The van der Waals surface area contributed by atoms with Crippen LogP contribution >= 0.6 is 0 Å². The van der Waals surface area contributed by atoms with Crippen molar-refractivity contribution >= 4 is 28.3 Å². The summed E-state index contributed by atoms with van der Waals surface area (Å²) in [7, 11) is 0. The van der Waals surface area contributed by atoms with Gasteiger partial charge in [0.2, 0.25) is 5.91 Å². The lowest BCUT2D eigenvalue weighted by Gasteiger charge is -2.15. The molecular weight excluding hydrogens is 302 g/mol. The van der Waals surface area contributed by atoms with Crippen molar-refractivity contribution in [3.05, 3.63) is 72.6 Å². The van der Waals surface area contributed by atoms with Crippen LogP contribution in [-0.4, -0.2) is 22.8 Å². The highest BCUT2D eigenvalue weighted by molar-refractivity contribution is 6.05. The molecule has 5 nitrogen and oxygen atoms in total. The molecule has 3 rings (SSSR count). The van der Waals surface area contributed by atoms with Crippen molar-refractivity contribution in [2.24, 2.45) is 0 Å². The van der Waals surface area contributed by atoms with E-state index in [-0.39, 0.29) is 11.8 Å². The molecule has 2 N–H and O–H groups in total. The van der Waals surface area contributed by atoms with E-state index in [4.69, 9.17) is 0 Å². The predicted octanol–water partition coefficient (Wildman–Crippen LogP) is 2.99. The van der Waals surface area contributed by atoms with Gasteiger partial charge in [0, 0.05) is 34.4 Å². The van der Waals surface area contributed by atoms with E-state index in [1.807, 2.05) is 30.3 Å². The van der Waals surface area contributed by atoms with Crippen LogP contribution in [0.5, 0.6) is 0 Å². The Kier molecular flexibility index (Phi) is 4.52. The Morgan fingerprint density at radius 1 is 1.00 bits per heavy atom. The lowest BCUT2D eigenvalue weighted by atomic mass is 10.1. The summed E-state index contributed by atoms with van der Waals surface area (Å²) in [6, 6.07) is 15.6. The molecule has 5 heteroatoms. The number of nitrogens with one attached hydrogen (secondary N) is 2. The molecule has 0 aliphatic carbocycles. The van der Waals surface area contributed by atoms with Crippen LogP contribution < -0.4 is 10.6 Å². The van der Waals surface area contributed by atoms with Gasteiger partial charge in [-0.25, -0.2) is 0 Å². The van der Waals surface area contributed by atoms with Gasteiger partial charge in [-0.15, -0.1) is 0 Å². The first-order valence-corrected chi connectivity index (χ1v) is 7.64. The first-order valence-electron chi connectivity index (χ1n) is 7.64. The topological polar surface area (TPSA) is 71.1 Å². The number of nitrogens with zero attached hydrogens (tertiary/aromatic N) is 1. The SMILES string of the molecule is CC(NC(=O)c1ccccc1)C(=O)Nc1cccc2cnccc12. The largest absolute Gasteiger partial charge is 0.341 e. The van der Waals surface area contributed by atoms with Gasteiger partial charge in [-0.2, -0.15) is 0 Å². The molecule has 0 bridgehead atoms. The van der Waals surface area contributed by atoms with Gasteiger partial charge in [0.1, 0.15) is 6.04 Å². The average Bonchev–Trinajstić information content (AvgIpc) is 2.62. The van der Waals surface area contributed by atoms with Crippen LogP contribution in [0, 0.1) is 0 Å². The third-order valence-corrected chi connectivity index (χ3v) is 3.72. The molecule has 1 heterocycles. The van der Waals surface area contributed by atoms with Crippen molar-refractivity contribution < 1.29 is 9.59 Å². The second-order valence-electron chi connectivity index (χ2n) is 5.45. The summed E-state index contributed by atoms with van der Waals surface area (Å²) >= 11 is 0. The van der Waals surface area contributed by atoms with Gasteiger partial charge in [0.25, 0.3) is 5.91 Å². The van der Waals surface area contributed by atoms with E-state index in [9.17, 15) is 9.59 Å². The first-order chi connectivity index (χ1) is 11.6. The molecule has 0 aliphatic rings. The van der Waals surface area contributed by atoms with Crippen LogP contribution in [0.15, 0.2) is 67.0 Å². The number of carbonyl (C=O) groups is 2. The van der Waals surface area contributed by atoms with Crippen molar-refractivity contribution in [1.82, 2.24) is 10.3 Å². The van der Waals surface area contributed by atoms with Crippen LogP contribution in [0.2, 0.25) is 0 Å². The Bertz CT molecular complexity index is 873. The molecule has 0 fully saturated rings. The van der Waals surface area contributed by atoms with Gasteiger partial charge in [-0.1, -0.05) is 30.3 Å². The summed E-state index contributed by atoms with van der Waals surface area (Å²) in [5, 5.41) is 7.41. The van der Waals surface area contributed by atoms with Crippen molar-refractivity contribution in [3.63, 3.8) is 0 Å². The second-order valence-corrected chi connectivity index (χ2v) is 5.45. The summed E-state index contributed by atoms with van der Waals surface area (Å²) in [6.07, 6.45) is 3.42. The summed E-state index contributed by atoms with van der Waals surface area (Å²) in [5.74, 6) is -0.552. The van der Waals surface area contributed by atoms with E-state index in [1.165, 1.54) is 0 Å². The summed E-state index contributed by atoms with van der Waals surface area (Å²) in [6.45, 7) is 1.66. The number of amides is 2. The zero-order chi connectivity index (χ0) is 16.9. The maximum Gasteiger partial charge on any atom is 0.251 e. The molecule has 0 radical (unpaired) electrons. The maximum absolute atomic E-state index is 12.4. The Labute approximate surface area is 139 Å². The highest BCUT2D eigenvalue weighted by Gasteiger charge is 2.17. The highest BCUT2D eigenvalue weighted by Crippen LogP contribution is 2.22. The molecule has 2 amide bonds. The third kappa shape index (κ3) is 3.41. The molecule has 1 aromatic heterocycles. The lowest BCUT2D eigenvalue weighted by molar-refractivity contribution is -0.117. The van der Waals surface area contributed by atoms with Gasteiger partial charge < -0.3 is 10.6 Å². The second kappa shape index (κ2) is 6.91. The van der Waals surface area contributed by atoms with Crippen molar-refractivity contribution in [2.45, 2.75) is 13.0 Å². The van der Waals surface area contributed by atoms with E-state index in [0.29, 0.717) is 11.3 Å². The molecule has 1 atom stereocenters. The van der Waals surface area contributed by atoms with E-state index >= 15 is 0 Å². The maximum atomic E-state index is 12.4. The smallest absolute Gasteiger partial charge is 0.251 e. The fraction of sp³-hybridized carbons (Fsp3) is 0.105. The third-order valence-electron chi connectivity index (χ3n) is 3.72. The van der Waals surface area contributed by atoms with E-state index in [2.05, 4.69) is 15.6 Å². The predicted molar refractivity (Wildman–Crippen MR) is 93.7 cm³/mol. The number of pyridine rings is 1. The number of fused-ring (bicyclic) bond motifs is 1. The molecule has 2 aromatic carbocycles. The fourth-order valence-electron chi connectivity index (χ4n) is 2.41. The average molecular weight is 319 g/mol. The minimum absolute atomic E-state index is 0.274. The van der Waals surface area contributed by atoms with Crippen molar-refractivity contribution in [1.29, 1.82) is 0 Å². The number of carbonyl (C=O) groups excluding carboxylic acids is 2. The van der Waals surface area contributed by atoms with Crippen LogP contribution in [0.25, 0.3) is 10.8 Å². The Morgan fingerprint density at radius 3 is 2.58 bits per heavy atom. The Balaban J connectivity index is 1.71. The molecular formula is C19H17N3O2. The standard InChI is InChI=1S/C19H17N3O2/c1-13(21-19(24)14-6-3-2-4-7-14)18(23)22-17-9-5-8-15-12-20-11-10-16(15)17/h2-13H,1H3,(H,21,24)(H,22,23). The summed E-state index contributed by atoms with van der Waals surface area (Å²) in [4.78, 5) is 28.6. The van der Waals surface area contributed by atoms with Crippen LogP contribution in [0.3, 0.4) is 0 Å². The molecule has 0 aliphatic heterocycles. The highest BCUT2D eigenvalue weighted by atomic mass is 16.2. The Morgan fingerprint density at radius 2 is 1.79 bits per heavy atom. The number of aromatic nitrogens is 1. The van der Waals surface area contributed by atoms with Crippen molar-refractivity contribution in [3.8, 4) is 0 Å². The fourth-order valence-corrected chi connectivity index (χ4v) is 2.41. The van der Waals surface area contributed by atoms with E-state index in [1.54, 1.807) is 43.6 Å². The number of hydrogen-bond acceptors (Lipinski definition) is 3. The zero-order valence-corrected chi connectivity index (χ0v) is 13.2. The van der Waals surface area contributed by atoms with Gasteiger partial charge in [0.05, 0.1) is 0 Å². The summed E-state index contributed by atoms with van der Waals surface area (Å²) in [5.41, 5.74) is 1.22. The number of anilines is 1. The van der Waals surface area contributed by atoms with Crippen LogP contribution in [0.1, 0.15) is 17.3 Å². The van der Waals surface area contributed by atoms with Gasteiger partial charge >= 0.3 is 0 Å². The molecule has 24 heavy (non-hydrogen) atoms. The van der Waals surface area contributed by atoms with Gasteiger partial charge in [-0.3, -0.25) is 14.6 Å². The minimum Gasteiger partial charge on any atom is -0.341 e. The Hall–Kier alpha value is -3.21. The van der Waals surface area contributed by atoms with E-state index in [0.717, 1.165) is 10.8 Å². The minimum atomic E-state index is -0.658. The normalized spacial score (nSPS) is 11.7. The molecule has 0 saturated carbocycles. The number of benzene rings is 2. The van der Waals surface area contributed by atoms with Crippen molar-refractivity contribution in [2.75, 3.05) is 5.32 Å². The van der Waals surface area contributed by atoms with E-state index < -0.39 is 6.04 Å². The lowest BCUT2D eigenvalue weighted by Crippen LogP contribution is -2.41. The van der Waals surface area contributed by atoms with Crippen LogP contribution in [0.4, 0.5) is 5.69 Å². The number of hydrogen-bond donors (Lipinski definition) is 2. The van der Waals surface area contributed by atoms with Gasteiger partial charge in [-0.05, 0) is 31.2 Å². The molecule has 0 saturated heterocycles. The van der Waals surface area contributed by atoms with Gasteiger partial charge in [0.15, 0.2) is 0 Å². The molecule has 3 aromatic rings. The quantitative estimate of drug-likeness (QED) is 0.776. The molecule has 120 valence electrons. The summed E-state index contributed by atoms with van der Waals surface area (Å²) < 4.78 is 0. The molecule has 0 spiro atoms. The molecule has 1 unspecified atom stereocenters. The number of rotatable bonds is 4. The monoisotopic (exact) mass is 319 g/mol. The first kappa shape index (κ1) is 15.7. The zero-order valence-electron chi connectivity index (χ0n) is 13.2.